The minimum atomic E-state index is -3.32. The van der Waals surface area contributed by atoms with Crippen molar-refractivity contribution >= 4 is 21.6 Å². The Morgan fingerprint density at radius 1 is 1.12 bits per heavy atom. The van der Waals surface area contributed by atoms with E-state index < -0.39 is 10.0 Å². The highest BCUT2D eigenvalue weighted by atomic mass is 32.2. The van der Waals surface area contributed by atoms with Gasteiger partial charge in [-0.1, -0.05) is 29.8 Å². The molecule has 0 saturated heterocycles. The highest BCUT2D eigenvalue weighted by Gasteiger charge is 2.21. The van der Waals surface area contributed by atoms with Gasteiger partial charge < -0.3 is 4.90 Å². The predicted molar refractivity (Wildman–Crippen MR) is 107 cm³/mol. The van der Waals surface area contributed by atoms with Crippen molar-refractivity contribution in [2.24, 2.45) is 0 Å². The van der Waals surface area contributed by atoms with Crippen LogP contribution in [0.1, 0.15) is 45.4 Å². The Bertz CT molecular complexity index is 714. The van der Waals surface area contributed by atoms with E-state index in [9.17, 15) is 13.2 Å². The van der Waals surface area contributed by atoms with Crippen LogP contribution in [0.2, 0.25) is 0 Å². The lowest BCUT2D eigenvalue weighted by Gasteiger charge is -2.24. The molecule has 1 aromatic carbocycles. The molecule has 0 atom stereocenters. The molecule has 2 rings (SSSR count). The molecule has 144 valence electrons. The Morgan fingerprint density at radius 2 is 1.85 bits per heavy atom. The summed E-state index contributed by atoms with van der Waals surface area (Å²) in [4.78, 5) is 14.3. The van der Waals surface area contributed by atoms with Crippen molar-refractivity contribution in [3.8, 4) is 0 Å². The van der Waals surface area contributed by atoms with Gasteiger partial charge in [0.2, 0.25) is 15.9 Å². The summed E-state index contributed by atoms with van der Waals surface area (Å²) >= 11 is 0. The number of carbonyl (C=O) groups excluding carboxylic acids is 1. The Morgan fingerprint density at radius 3 is 2.42 bits per heavy atom. The molecule has 5 nitrogen and oxygen atoms in total. The van der Waals surface area contributed by atoms with Crippen molar-refractivity contribution < 1.29 is 13.2 Å². The zero-order chi connectivity index (χ0) is 19.0. The lowest BCUT2D eigenvalue weighted by Crippen LogP contribution is -2.37. The van der Waals surface area contributed by atoms with E-state index in [-0.39, 0.29) is 18.9 Å². The third-order valence-electron chi connectivity index (χ3n) is 4.80. The molecule has 1 amide bonds. The van der Waals surface area contributed by atoms with Crippen molar-refractivity contribution in [3.05, 3.63) is 42.0 Å². The van der Waals surface area contributed by atoms with Gasteiger partial charge in [0, 0.05) is 31.7 Å². The molecular formula is C20H30N2O3S. The van der Waals surface area contributed by atoms with Crippen LogP contribution in [-0.4, -0.2) is 44.5 Å². The third kappa shape index (κ3) is 6.25. The molecule has 0 heterocycles. The third-order valence-corrected chi connectivity index (χ3v) is 6.10. The first-order valence-electron chi connectivity index (χ1n) is 9.40. The van der Waals surface area contributed by atoms with E-state index >= 15 is 0 Å². The minimum absolute atomic E-state index is 0.0516. The van der Waals surface area contributed by atoms with E-state index in [0.717, 1.165) is 24.9 Å². The summed E-state index contributed by atoms with van der Waals surface area (Å²) < 4.78 is 25.7. The zero-order valence-electron chi connectivity index (χ0n) is 15.9. The maximum Gasteiger partial charge on any atom is 0.228 e. The van der Waals surface area contributed by atoms with Crippen LogP contribution < -0.4 is 4.90 Å². The summed E-state index contributed by atoms with van der Waals surface area (Å²) in [5.41, 5.74) is 2.19. The van der Waals surface area contributed by atoms with Gasteiger partial charge in [-0.25, -0.2) is 12.7 Å². The number of benzene rings is 1. The molecule has 1 aliphatic carbocycles. The number of sulfonamides is 1. The number of para-hydroxylation sites is 1. The highest BCUT2D eigenvalue weighted by Crippen LogP contribution is 2.21. The average Bonchev–Trinajstić information content (AvgIpc) is 2.63. The van der Waals surface area contributed by atoms with Crippen molar-refractivity contribution in [1.82, 2.24) is 4.31 Å². The number of amides is 1. The van der Waals surface area contributed by atoms with Crippen LogP contribution in [-0.2, 0) is 14.8 Å². The van der Waals surface area contributed by atoms with Crippen molar-refractivity contribution in [2.45, 2.75) is 45.4 Å². The quantitative estimate of drug-likeness (QED) is 0.617. The van der Waals surface area contributed by atoms with E-state index in [1.165, 1.54) is 29.0 Å². The summed E-state index contributed by atoms with van der Waals surface area (Å²) in [5.74, 6) is -0.0516. The average molecular weight is 379 g/mol. The van der Waals surface area contributed by atoms with Gasteiger partial charge in [0.05, 0.1) is 6.26 Å². The molecule has 0 aliphatic heterocycles. The second kappa shape index (κ2) is 9.88. The molecule has 26 heavy (non-hydrogen) atoms. The van der Waals surface area contributed by atoms with E-state index in [2.05, 4.69) is 6.08 Å². The van der Waals surface area contributed by atoms with Crippen LogP contribution in [0.5, 0.6) is 0 Å². The second-order valence-electron chi connectivity index (χ2n) is 6.74. The largest absolute Gasteiger partial charge is 0.313 e. The SMILES string of the molecule is CCN(C(=O)CCN(CCC1=CCCCC1)S(C)(=O)=O)c1ccccc1. The van der Waals surface area contributed by atoms with Gasteiger partial charge in [-0.2, -0.15) is 0 Å². The van der Waals surface area contributed by atoms with Crippen LogP contribution in [0.4, 0.5) is 5.69 Å². The van der Waals surface area contributed by atoms with Gasteiger partial charge in [-0.15, -0.1) is 0 Å². The van der Waals surface area contributed by atoms with Crippen LogP contribution in [0.25, 0.3) is 0 Å². The minimum Gasteiger partial charge on any atom is -0.313 e. The fraction of sp³-hybridized carbons (Fsp3) is 0.550. The molecule has 0 bridgehead atoms. The Hall–Kier alpha value is -1.66. The van der Waals surface area contributed by atoms with Crippen LogP contribution >= 0.6 is 0 Å². The molecule has 0 radical (unpaired) electrons. The van der Waals surface area contributed by atoms with Gasteiger partial charge in [0.15, 0.2) is 0 Å². The smallest absolute Gasteiger partial charge is 0.228 e. The number of carbonyl (C=O) groups is 1. The maximum atomic E-state index is 12.6. The molecule has 0 N–H and O–H groups in total. The van der Waals surface area contributed by atoms with E-state index in [1.54, 1.807) is 4.90 Å². The van der Waals surface area contributed by atoms with Gasteiger partial charge in [-0.05, 0) is 51.2 Å². The topological polar surface area (TPSA) is 57.7 Å². The lowest BCUT2D eigenvalue weighted by molar-refractivity contribution is -0.118. The molecule has 0 aromatic heterocycles. The molecule has 0 saturated carbocycles. The molecule has 0 fully saturated rings. The van der Waals surface area contributed by atoms with Crippen LogP contribution in [0, 0.1) is 0 Å². The fourth-order valence-corrected chi connectivity index (χ4v) is 4.16. The Kier molecular flexibility index (Phi) is 7.85. The molecule has 0 unspecified atom stereocenters. The van der Waals surface area contributed by atoms with Crippen molar-refractivity contribution in [2.75, 3.05) is 30.8 Å². The second-order valence-corrected chi connectivity index (χ2v) is 8.73. The normalized spacial score (nSPS) is 15.0. The molecule has 1 aliphatic rings. The number of rotatable bonds is 9. The van der Waals surface area contributed by atoms with Gasteiger partial charge in [0.25, 0.3) is 0 Å². The van der Waals surface area contributed by atoms with E-state index in [1.807, 2.05) is 37.3 Å². The molecular weight excluding hydrogens is 348 g/mol. The van der Waals surface area contributed by atoms with Gasteiger partial charge >= 0.3 is 0 Å². The first-order chi connectivity index (χ1) is 12.4. The van der Waals surface area contributed by atoms with E-state index in [4.69, 9.17) is 0 Å². The first kappa shape index (κ1) is 20.6. The summed E-state index contributed by atoms with van der Waals surface area (Å²) in [5, 5.41) is 0. The molecule has 1 aromatic rings. The Labute approximate surface area is 157 Å². The summed E-state index contributed by atoms with van der Waals surface area (Å²) in [7, 11) is -3.32. The number of anilines is 1. The van der Waals surface area contributed by atoms with Crippen LogP contribution in [0.3, 0.4) is 0 Å². The van der Waals surface area contributed by atoms with Crippen molar-refractivity contribution in [3.63, 3.8) is 0 Å². The monoisotopic (exact) mass is 378 g/mol. The first-order valence-corrected chi connectivity index (χ1v) is 11.2. The summed E-state index contributed by atoms with van der Waals surface area (Å²) in [6, 6.07) is 9.49. The number of nitrogens with zero attached hydrogens (tertiary/aromatic N) is 2. The summed E-state index contributed by atoms with van der Waals surface area (Å²) in [6.07, 6.45) is 8.98. The molecule has 0 spiro atoms. The predicted octanol–water partition coefficient (Wildman–Crippen LogP) is 3.58. The van der Waals surface area contributed by atoms with Crippen molar-refractivity contribution in [1.29, 1.82) is 0 Å². The molecule has 6 heteroatoms. The number of hydrogen-bond donors (Lipinski definition) is 0. The maximum absolute atomic E-state index is 12.6. The van der Waals surface area contributed by atoms with Crippen LogP contribution in [0.15, 0.2) is 42.0 Å². The highest BCUT2D eigenvalue weighted by molar-refractivity contribution is 7.88. The lowest BCUT2D eigenvalue weighted by atomic mass is 9.97. The number of hydrogen-bond acceptors (Lipinski definition) is 3. The number of allylic oxidation sites excluding steroid dienone is 1. The standard InChI is InChI=1S/C20H30N2O3S/c1-3-22(19-12-8-5-9-13-19)20(23)15-17-21(26(2,24)25)16-14-18-10-6-4-7-11-18/h5,8-10,12-13H,3-4,6-7,11,14-17H2,1-2H3. The van der Waals surface area contributed by atoms with E-state index in [0.29, 0.717) is 13.1 Å². The van der Waals surface area contributed by atoms with Gasteiger partial charge in [0.1, 0.15) is 0 Å². The van der Waals surface area contributed by atoms with Gasteiger partial charge in [-0.3, -0.25) is 4.79 Å². The Balaban J connectivity index is 1.95. The fourth-order valence-electron chi connectivity index (χ4n) is 3.31. The summed E-state index contributed by atoms with van der Waals surface area (Å²) in [6.45, 7) is 3.17. The zero-order valence-corrected chi connectivity index (χ0v) is 16.7.